The zero-order valence-corrected chi connectivity index (χ0v) is 42.3. The fourth-order valence-electron chi connectivity index (χ4n) is 9.06. The molecule has 5 fully saturated rings. The van der Waals surface area contributed by atoms with Crippen LogP contribution in [0.1, 0.15) is 121 Å². The Labute approximate surface area is 378 Å². The van der Waals surface area contributed by atoms with Crippen LogP contribution in [0.5, 0.6) is 0 Å². The Bertz CT molecular complexity index is 1000. The smallest absolute Gasteiger partial charge is 0.239 e. The summed E-state index contributed by atoms with van der Waals surface area (Å²) < 4.78 is 0. The molecule has 5 aliphatic rings. The van der Waals surface area contributed by atoms with Gasteiger partial charge in [0.25, 0.3) is 0 Å². The second-order valence-electron chi connectivity index (χ2n) is 17.1. The zero-order chi connectivity index (χ0) is 37.7. The van der Waals surface area contributed by atoms with Gasteiger partial charge in [-0.25, -0.2) is 0 Å². The average Bonchev–Trinajstić information content (AvgIpc) is 3.48. The Kier molecular flexibility index (Phi) is 25.6. The Morgan fingerprint density at radius 1 is 0.679 bits per heavy atom. The first kappa shape index (κ1) is 52.0. The molecule has 1 unspecified atom stereocenters. The number of piperidine rings is 3. The van der Waals surface area contributed by atoms with Crippen molar-refractivity contribution in [1.82, 2.24) is 34.3 Å². The summed E-state index contributed by atoms with van der Waals surface area (Å²) in [6.07, 6.45) is 9.93. The number of rotatable bonds is 11. The molecule has 2 radical (unpaired) electrons. The van der Waals surface area contributed by atoms with E-state index in [9.17, 15) is 9.59 Å². The Morgan fingerprint density at radius 3 is 1.58 bits per heavy atom. The van der Waals surface area contributed by atoms with Gasteiger partial charge in [-0.1, -0.05) is 27.7 Å². The Hall–Kier alpha value is 0.948. The van der Waals surface area contributed by atoms with Crippen molar-refractivity contribution in [1.29, 1.82) is 0 Å². The minimum atomic E-state index is -0.00759. The molecule has 5 heterocycles. The Balaban J connectivity index is 0.000000491. The minimum Gasteiger partial charge on any atom is -0.342 e. The standard InChI is InChI=1S/C21H42N4O.C19H35N3O.C2H6.2Y/c1-7-18(4)24-10-8-20(9-11-24)16-23-12-14-25(15-13-23)19(5)21(26)22(6)17(2)3;1-4-20-10-5-17(6-11-20)15-21-12-7-19(8-13-21)9-14-22(16(2)3)18(19)23;1-2;;/h17-20H,7-16H2,1-6H3;16-17H,4-15H2,1-3H3;1-2H3;;/t18?,19-;;;;/m0..../s1. The molecule has 1 spiro atoms. The van der Waals surface area contributed by atoms with E-state index < -0.39 is 0 Å². The second kappa shape index (κ2) is 26.1. The van der Waals surface area contributed by atoms with E-state index in [1.54, 1.807) is 0 Å². The van der Waals surface area contributed by atoms with Crippen LogP contribution in [0.2, 0.25) is 0 Å². The first-order valence-corrected chi connectivity index (χ1v) is 21.6. The van der Waals surface area contributed by atoms with Crippen LogP contribution in [0.15, 0.2) is 0 Å². The number of hydrogen-bond acceptors (Lipinski definition) is 7. The second-order valence-corrected chi connectivity index (χ2v) is 17.1. The van der Waals surface area contributed by atoms with Gasteiger partial charge in [0.15, 0.2) is 0 Å². The largest absolute Gasteiger partial charge is 0.342 e. The molecule has 0 aromatic heterocycles. The third-order valence-corrected chi connectivity index (χ3v) is 13.5. The van der Waals surface area contributed by atoms with Crippen LogP contribution in [0.3, 0.4) is 0 Å². The molecule has 0 aromatic rings. The fraction of sp³-hybridized carbons (Fsp3) is 0.952. The van der Waals surface area contributed by atoms with Crippen molar-refractivity contribution in [2.75, 3.05) is 98.7 Å². The van der Waals surface area contributed by atoms with E-state index in [-0.39, 0.29) is 88.8 Å². The average molecular weight is 896 g/mol. The van der Waals surface area contributed by atoms with Crippen molar-refractivity contribution >= 4 is 11.8 Å². The normalized spacial score (nSPS) is 23.8. The van der Waals surface area contributed by atoms with Gasteiger partial charge in [-0.05, 0) is 151 Å². The van der Waals surface area contributed by atoms with Gasteiger partial charge >= 0.3 is 0 Å². The summed E-state index contributed by atoms with van der Waals surface area (Å²) in [6.45, 7) is 37.7. The molecule has 2 atom stereocenters. The number of carbonyl (C=O) groups excluding carboxylic acids is 2. The predicted octanol–water partition coefficient (Wildman–Crippen LogP) is 5.83. The molecule has 5 saturated heterocycles. The summed E-state index contributed by atoms with van der Waals surface area (Å²) in [5.41, 5.74) is -0.00759. The zero-order valence-electron chi connectivity index (χ0n) is 36.6. The van der Waals surface area contributed by atoms with Crippen molar-refractivity contribution in [3.05, 3.63) is 0 Å². The van der Waals surface area contributed by atoms with Crippen LogP contribution in [0, 0.1) is 17.3 Å². The van der Waals surface area contributed by atoms with Crippen LogP contribution in [0.25, 0.3) is 0 Å². The number of piperazine rings is 1. The third-order valence-electron chi connectivity index (χ3n) is 13.5. The predicted molar refractivity (Wildman–Crippen MR) is 215 cm³/mol. The van der Waals surface area contributed by atoms with E-state index in [1.165, 1.54) is 77.9 Å². The molecule has 0 aromatic carbocycles. The van der Waals surface area contributed by atoms with Gasteiger partial charge in [0.1, 0.15) is 0 Å². The first-order valence-electron chi connectivity index (χ1n) is 21.6. The van der Waals surface area contributed by atoms with Crippen LogP contribution < -0.4 is 0 Å². The molecule has 0 N–H and O–H groups in total. The topological polar surface area (TPSA) is 56.8 Å². The summed E-state index contributed by atoms with van der Waals surface area (Å²) in [6, 6.07) is 1.38. The van der Waals surface area contributed by atoms with E-state index in [0.29, 0.717) is 11.9 Å². The number of likely N-dealkylation sites (tertiary alicyclic amines) is 4. The maximum absolute atomic E-state index is 12.8. The molecule has 0 aliphatic carbocycles. The summed E-state index contributed by atoms with van der Waals surface area (Å²) in [5.74, 6) is 2.43. The van der Waals surface area contributed by atoms with Crippen LogP contribution in [-0.2, 0) is 75.0 Å². The maximum Gasteiger partial charge on any atom is 0.239 e. The SMILES string of the molecule is CC.CCC(C)N1CCC(CN2CCN([C@@H](C)C(=O)N(C)C(C)C)CC2)CC1.CCN1CCC(CN2CCC3(CC2)CCN(C(C)C)C3=O)CC1.[Y].[Y]. The van der Waals surface area contributed by atoms with Crippen LogP contribution in [-0.4, -0.2) is 169 Å². The Morgan fingerprint density at radius 2 is 1.15 bits per heavy atom. The van der Waals surface area contributed by atoms with Crippen LogP contribution >= 0.6 is 0 Å². The number of hydrogen-bond donors (Lipinski definition) is 0. The number of likely N-dealkylation sites (N-methyl/N-ethyl adjacent to an activating group) is 1. The number of nitrogens with zero attached hydrogens (tertiary/aromatic N) is 7. The van der Waals surface area contributed by atoms with Gasteiger partial charge in [-0.15, -0.1) is 0 Å². The summed E-state index contributed by atoms with van der Waals surface area (Å²) in [7, 11) is 1.92. The quantitative estimate of drug-likeness (QED) is 0.259. The summed E-state index contributed by atoms with van der Waals surface area (Å²) >= 11 is 0. The van der Waals surface area contributed by atoms with E-state index in [2.05, 4.69) is 84.8 Å². The van der Waals surface area contributed by atoms with Gasteiger partial charge in [0.2, 0.25) is 11.8 Å². The monoisotopic (exact) mass is 895 g/mol. The molecule has 11 heteroatoms. The molecule has 0 bridgehead atoms. The van der Waals surface area contributed by atoms with Crippen molar-refractivity contribution in [3.8, 4) is 0 Å². The van der Waals surface area contributed by atoms with E-state index in [1.807, 2.05) is 25.8 Å². The third kappa shape index (κ3) is 15.2. The first-order chi connectivity index (χ1) is 24.4. The maximum atomic E-state index is 12.8. The van der Waals surface area contributed by atoms with E-state index in [4.69, 9.17) is 0 Å². The number of amides is 2. The molecular weight excluding hydrogens is 812 g/mol. The van der Waals surface area contributed by atoms with Gasteiger partial charge in [0, 0.05) is 136 Å². The van der Waals surface area contributed by atoms with Gasteiger partial charge < -0.3 is 29.4 Å². The molecule has 9 nitrogen and oxygen atoms in total. The van der Waals surface area contributed by atoms with Crippen molar-refractivity contribution in [3.63, 3.8) is 0 Å². The molecule has 2 amide bonds. The van der Waals surface area contributed by atoms with E-state index in [0.717, 1.165) is 83.0 Å². The molecule has 304 valence electrons. The van der Waals surface area contributed by atoms with Crippen molar-refractivity contribution < 1.29 is 75.0 Å². The fourth-order valence-corrected chi connectivity index (χ4v) is 9.06. The molecule has 5 rings (SSSR count). The van der Waals surface area contributed by atoms with Crippen molar-refractivity contribution in [2.24, 2.45) is 17.3 Å². The molecule has 53 heavy (non-hydrogen) atoms. The summed E-state index contributed by atoms with van der Waals surface area (Å²) in [4.78, 5) is 42.2. The van der Waals surface area contributed by atoms with E-state index >= 15 is 0 Å². The van der Waals surface area contributed by atoms with Crippen LogP contribution in [0.4, 0.5) is 0 Å². The van der Waals surface area contributed by atoms with Gasteiger partial charge in [0.05, 0.1) is 11.5 Å². The summed E-state index contributed by atoms with van der Waals surface area (Å²) in [5, 5.41) is 0. The molecule has 5 aliphatic heterocycles. The van der Waals surface area contributed by atoms with Gasteiger partial charge in [-0.2, -0.15) is 0 Å². The van der Waals surface area contributed by atoms with Gasteiger partial charge in [-0.3, -0.25) is 14.5 Å². The minimum absolute atomic E-state index is 0. The molecule has 0 saturated carbocycles. The van der Waals surface area contributed by atoms with Crippen molar-refractivity contribution in [2.45, 2.75) is 145 Å². The number of carbonyl (C=O) groups is 2. The molecular formula is C42H83N7O2Y2.